The fraction of sp³-hybridized carbons (Fsp3) is 0.500. The third kappa shape index (κ3) is 5.85. The van der Waals surface area contributed by atoms with Crippen LogP contribution in [0.1, 0.15) is 51.5 Å². The molecule has 5 heteroatoms. The van der Waals surface area contributed by atoms with Gasteiger partial charge in [0.2, 0.25) is 0 Å². The molecule has 1 atom stereocenters. The fourth-order valence-corrected chi connectivity index (χ4v) is 2.24. The molecule has 0 aliphatic carbocycles. The molecule has 116 valence electrons. The number of carboxylic acid groups (broad SMARTS) is 1. The standard InChI is InChI=1S/C16H24N2O3/c1-4-7-12(10-15(19)20)17-16(21)18-14-9-6-5-8-13(14)11(2)3/h5-6,8-9,11-12H,4,7,10H2,1-3H3,(H,19,20)(H2,17,18,21). The van der Waals surface area contributed by atoms with Gasteiger partial charge < -0.3 is 15.7 Å². The molecular formula is C16H24N2O3. The van der Waals surface area contributed by atoms with Crippen molar-refractivity contribution >= 4 is 17.7 Å². The Hall–Kier alpha value is -2.04. The molecule has 0 fully saturated rings. The molecule has 21 heavy (non-hydrogen) atoms. The summed E-state index contributed by atoms with van der Waals surface area (Å²) in [7, 11) is 0. The fourth-order valence-electron chi connectivity index (χ4n) is 2.24. The van der Waals surface area contributed by atoms with Crippen LogP contribution in [-0.2, 0) is 4.79 Å². The zero-order valence-electron chi connectivity index (χ0n) is 12.8. The van der Waals surface area contributed by atoms with Crippen molar-refractivity contribution in [1.82, 2.24) is 5.32 Å². The molecular weight excluding hydrogens is 268 g/mol. The van der Waals surface area contributed by atoms with Crippen LogP contribution in [0.15, 0.2) is 24.3 Å². The predicted molar refractivity (Wildman–Crippen MR) is 83.6 cm³/mol. The molecule has 1 aromatic rings. The molecule has 0 aliphatic rings. The molecule has 3 N–H and O–H groups in total. The Balaban J connectivity index is 2.70. The zero-order chi connectivity index (χ0) is 15.8. The number of rotatable bonds is 7. The minimum absolute atomic E-state index is 0.0624. The summed E-state index contributed by atoms with van der Waals surface area (Å²) in [6.07, 6.45) is 1.40. The topological polar surface area (TPSA) is 78.4 Å². The minimum Gasteiger partial charge on any atom is -0.481 e. The summed E-state index contributed by atoms with van der Waals surface area (Å²) in [6, 6.07) is 6.91. The van der Waals surface area contributed by atoms with Crippen LogP contribution in [0.2, 0.25) is 0 Å². The third-order valence-corrected chi connectivity index (χ3v) is 3.22. The molecule has 0 radical (unpaired) electrons. The summed E-state index contributed by atoms with van der Waals surface area (Å²) in [4.78, 5) is 22.8. The van der Waals surface area contributed by atoms with Crippen molar-refractivity contribution in [3.05, 3.63) is 29.8 Å². The molecule has 1 aromatic carbocycles. The van der Waals surface area contributed by atoms with Crippen molar-refractivity contribution in [3.63, 3.8) is 0 Å². The van der Waals surface area contributed by atoms with Crippen LogP contribution >= 0.6 is 0 Å². The monoisotopic (exact) mass is 292 g/mol. The Kier molecular flexibility index (Phi) is 6.72. The lowest BCUT2D eigenvalue weighted by Gasteiger charge is -2.18. The zero-order valence-corrected chi connectivity index (χ0v) is 12.8. The molecule has 0 saturated carbocycles. The first-order valence-corrected chi connectivity index (χ1v) is 7.32. The summed E-state index contributed by atoms with van der Waals surface area (Å²) in [5, 5.41) is 14.4. The van der Waals surface area contributed by atoms with Gasteiger partial charge in [-0.05, 0) is 24.0 Å². The quantitative estimate of drug-likeness (QED) is 0.718. The number of hydrogen-bond donors (Lipinski definition) is 3. The Labute approximate surface area is 125 Å². The molecule has 1 unspecified atom stereocenters. The highest BCUT2D eigenvalue weighted by molar-refractivity contribution is 5.90. The average molecular weight is 292 g/mol. The highest BCUT2D eigenvalue weighted by atomic mass is 16.4. The van der Waals surface area contributed by atoms with Crippen LogP contribution in [0.5, 0.6) is 0 Å². The van der Waals surface area contributed by atoms with Crippen LogP contribution in [-0.4, -0.2) is 23.1 Å². The number of aliphatic carboxylic acids is 1. The smallest absolute Gasteiger partial charge is 0.319 e. The highest BCUT2D eigenvalue weighted by Gasteiger charge is 2.16. The van der Waals surface area contributed by atoms with Gasteiger partial charge in [-0.1, -0.05) is 45.4 Å². The molecule has 0 aliphatic heterocycles. The van der Waals surface area contributed by atoms with E-state index < -0.39 is 5.97 Å². The first kappa shape index (κ1) is 17.0. The molecule has 0 saturated heterocycles. The number of carboxylic acids is 1. The number of anilines is 1. The molecule has 2 amide bonds. The minimum atomic E-state index is -0.906. The van der Waals surface area contributed by atoms with Crippen LogP contribution in [0.25, 0.3) is 0 Å². The molecule has 0 bridgehead atoms. The average Bonchev–Trinajstić information content (AvgIpc) is 2.38. The van der Waals surface area contributed by atoms with Crippen molar-refractivity contribution in [1.29, 1.82) is 0 Å². The number of carbonyl (C=O) groups is 2. The molecule has 0 aromatic heterocycles. The van der Waals surface area contributed by atoms with E-state index in [2.05, 4.69) is 24.5 Å². The number of benzene rings is 1. The number of para-hydroxylation sites is 1. The Bertz CT molecular complexity index is 486. The van der Waals surface area contributed by atoms with E-state index in [1.807, 2.05) is 31.2 Å². The Morgan fingerprint density at radius 3 is 2.48 bits per heavy atom. The first-order chi connectivity index (χ1) is 9.93. The largest absolute Gasteiger partial charge is 0.481 e. The van der Waals surface area contributed by atoms with Gasteiger partial charge in [0.05, 0.1) is 6.42 Å². The normalized spacial score (nSPS) is 12.0. The second-order valence-electron chi connectivity index (χ2n) is 5.42. The van der Waals surface area contributed by atoms with E-state index in [0.29, 0.717) is 12.3 Å². The van der Waals surface area contributed by atoms with Crippen molar-refractivity contribution < 1.29 is 14.7 Å². The van der Waals surface area contributed by atoms with Crippen LogP contribution < -0.4 is 10.6 Å². The number of carbonyl (C=O) groups excluding carboxylic acids is 1. The third-order valence-electron chi connectivity index (χ3n) is 3.22. The second-order valence-corrected chi connectivity index (χ2v) is 5.42. The summed E-state index contributed by atoms with van der Waals surface area (Å²) in [5.41, 5.74) is 1.81. The molecule has 0 heterocycles. The Morgan fingerprint density at radius 2 is 1.90 bits per heavy atom. The number of urea groups is 1. The van der Waals surface area contributed by atoms with Crippen molar-refractivity contribution in [3.8, 4) is 0 Å². The predicted octanol–water partition coefficient (Wildman–Crippen LogP) is 3.57. The van der Waals surface area contributed by atoms with Gasteiger partial charge in [-0.25, -0.2) is 4.79 Å². The summed E-state index contributed by atoms with van der Waals surface area (Å²) in [6.45, 7) is 6.08. The lowest BCUT2D eigenvalue weighted by molar-refractivity contribution is -0.137. The van der Waals surface area contributed by atoms with Gasteiger partial charge >= 0.3 is 12.0 Å². The van der Waals surface area contributed by atoms with E-state index in [1.54, 1.807) is 0 Å². The second kappa shape index (κ2) is 8.29. The van der Waals surface area contributed by atoms with Crippen molar-refractivity contribution in [2.45, 2.75) is 52.0 Å². The van der Waals surface area contributed by atoms with Gasteiger partial charge in [-0.3, -0.25) is 4.79 Å². The van der Waals surface area contributed by atoms with Gasteiger partial charge in [-0.15, -0.1) is 0 Å². The van der Waals surface area contributed by atoms with Gasteiger partial charge in [0.15, 0.2) is 0 Å². The van der Waals surface area contributed by atoms with Gasteiger partial charge in [-0.2, -0.15) is 0 Å². The van der Waals surface area contributed by atoms with Crippen LogP contribution in [0.4, 0.5) is 10.5 Å². The molecule has 5 nitrogen and oxygen atoms in total. The van der Waals surface area contributed by atoms with E-state index in [0.717, 1.165) is 17.7 Å². The summed E-state index contributed by atoms with van der Waals surface area (Å²) in [5.74, 6) is -0.608. The molecule has 0 spiro atoms. The molecule has 1 rings (SSSR count). The van der Waals surface area contributed by atoms with E-state index in [9.17, 15) is 9.59 Å². The Morgan fingerprint density at radius 1 is 1.24 bits per heavy atom. The number of hydrogen-bond acceptors (Lipinski definition) is 2. The lowest BCUT2D eigenvalue weighted by Crippen LogP contribution is -2.39. The van der Waals surface area contributed by atoms with E-state index in [-0.39, 0.29) is 18.5 Å². The van der Waals surface area contributed by atoms with Crippen LogP contribution in [0.3, 0.4) is 0 Å². The maximum atomic E-state index is 12.0. The van der Waals surface area contributed by atoms with Crippen molar-refractivity contribution in [2.24, 2.45) is 0 Å². The van der Waals surface area contributed by atoms with E-state index >= 15 is 0 Å². The first-order valence-electron chi connectivity index (χ1n) is 7.32. The maximum Gasteiger partial charge on any atom is 0.319 e. The van der Waals surface area contributed by atoms with Gasteiger partial charge in [0.25, 0.3) is 0 Å². The number of amides is 2. The SMILES string of the molecule is CCCC(CC(=O)O)NC(=O)Nc1ccccc1C(C)C. The van der Waals surface area contributed by atoms with Gasteiger partial charge in [0.1, 0.15) is 0 Å². The van der Waals surface area contributed by atoms with Gasteiger partial charge in [0, 0.05) is 11.7 Å². The van der Waals surface area contributed by atoms with Crippen LogP contribution in [0, 0.1) is 0 Å². The van der Waals surface area contributed by atoms with E-state index in [1.165, 1.54) is 0 Å². The lowest BCUT2D eigenvalue weighted by atomic mass is 10.0. The number of nitrogens with one attached hydrogen (secondary N) is 2. The summed E-state index contributed by atoms with van der Waals surface area (Å²) >= 11 is 0. The maximum absolute atomic E-state index is 12.0. The highest BCUT2D eigenvalue weighted by Crippen LogP contribution is 2.23. The van der Waals surface area contributed by atoms with E-state index in [4.69, 9.17) is 5.11 Å². The summed E-state index contributed by atoms with van der Waals surface area (Å²) < 4.78 is 0. The van der Waals surface area contributed by atoms with Crippen molar-refractivity contribution in [2.75, 3.05) is 5.32 Å².